The van der Waals surface area contributed by atoms with Crippen LogP contribution in [0.4, 0.5) is 0 Å². The monoisotopic (exact) mass is 464 g/mol. The Balaban J connectivity index is 1.59. The highest BCUT2D eigenvalue weighted by Crippen LogP contribution is 2.47. The van der Waals surface area contributed by atoms with Crippen LogP contribution in [0.3, 0.4) is 0 Å². The number of carbonyl (C=O) groups is 1. The van der Waals surface area contributed by atoms with Crippen LogP contribution in [0.25, 0.3) is 11.0 Å². The number of aromatic nitrogens is 3. The Labute approximate surface area is 198 Å². The number of hydrogen-bond acceptors (Lipinski definition) is 5. The van der Waals surface area contributed by atoms with Crippen molar-refractivity contribution >= 4 is 16.9 Å². The molecule has 2 aliphatic rings. The largest absolute Gasteiger partial charge is 0.464 e. The Morgan fingerprint density at radius 1 is 1.29 bits per heavy atom. The molecule has 2 unspecified atom stereocenters. The minimum Gasteiger partial charge on any atom is -0.464 e. The van der Waals surface area contributed by atoms with Gasteiger partial charge in [0.05, 0.1) is 17.5 Å². The number of pyridine rings is 1. The van der Waals surface area contributed by atoms with Crippen LogP contribution >= 0.6 is 0 Å². The molecule has 2 aliphatic carbocycles. The lowest BCUT2D eigenvalue weighted by atomic mass is 10.0. The molecular formula is C26H32N4O4. The maximum atomic E-state index is 13.9. The molecule has 3 heterocycles. The van der Waals surface area contributed by atoms with Crippen LogP contribution in [0, 0.1) is 5.92 Å². The zero-order valence-corrected chi connectivity index (χ0v) is 20.3. The SMILES string of the molecule is CCCn1c(=O)[nH]c(=O)c2c(C(=O)N(Cc3ccc(C4CC4C)o3)C3CC3)cc(C(C)C)nc21. The molecule has 0 aromatic carbocycles. The number of carbonyl (C=O) groups excluding carboxylic acids is 1. The Bertz CT molecular complexity index is 1360. The topological polar surface area (TPSA) is 101 Å². The van der Waals surface area contributed by atoms with Crippen LogP contribution in [0.15, 0.2) is 32.2 Å². The maximum Gasteiger partial charge on any atom is 0.329 e. The van der Waals surface area contributed by atoms with E-state index in [4.69, 9.17) is 4.42 Å². The summed E-state index contributed by atoms with van der Waals surface area (Å²) >= 11 is 0. The molecule has 0 aliphatic heterocycles. The van der Waals surface area contributed by atoms with Gasteiger partial charge in [0.25, 0.3) is 11.5 Å². The summed E-state index contributed by atoms with van der Waals surface area (Å²) in [7, 11) is 0. The smallest absolute Gasteiger partial charge is 0.329 e. The number of H-pyrrole nitrogens is 1. The number of aromatic amines is 1. The lowest BCUT2D eigenvalue weighted by Gasteiger charge is -2.23. The molecular weight excluding hydrogens is 432 g/mol. The number of hydrogen-bond donors (Lipinski definition) is 1. The quantitative estimate of drug-likeness (QED) is 0.540. The molecule has 5 rings (SSSR count). The van der Waals surface area contributed by atoms with Gasteiger partial charge in [-0.3, -0.25) is 19.1 Å². The first-order chi connectivity index (χ1) is 16.3. The van der Waals surface area contributed by atoms with Crippen molar-refractivity contribution in [2.24, 2.45) is 5.92 Å². The Morgan fingerprint density at radius 3 is 2.65 bits per heavy atom. The van der Waals surface area contributed by atoms with Crippen molar-refractivity contribution in [2.75, 3.05) is 0 Å². The fraction of sp³-hybridized carbons (Fsp3) is 0.538. The zero-order chi connectivity index (χ0) is 24.1. The third-order valence-electron chi connectivity index (χ3n) is 6.97. The van der Waals surface area contributed by atoms with Crippen LogP contribution in [-0.2, 0) is 13.1 Å². The third-order valence-corrected chi connectivity index (χ3v) is 6.97. The van der Waals surface area contributed by atoms with Gasteiger partial charge >= 0.3 is 5.69 Å². The minimum absolute atomic E-state index is 0.0305. The minimum atomic E-state index is -0.572. The molecule has 0 saturated heterocycles. The van der Waals surface area contributed by atoms with Gasteiger partial charge in [0, 0.05) is 24.2 Å². The first-order valence-electron chi connectivity index (χ1n) is 12.4. The molecule has 180 valence electrons. The van der Waals surface area contributed by atoms with Gasteiger partial charge in [-0.1, -0.05) is 27.7 Å². The van der Waals surface area contributed by atoms with Crippen LogP contribution < -0.4 is 11.2 Å². The molecule has 3 aromatic rings. The van der Waals surface area contributed by atoms with Gasteiger partial charge in [0.15, 0.2) is 5.65 Å². The molecule has 1 amide bonds. The van der Waals surface area contributed by atoms with E-state index in [2.05, 4.69) is 16.9 Å². The fourth-order valence-electron chi connectivity index (χ4n) is 4.66. The summed E-state index contributed by atoms with van der Waals surface area (Å²) in [4.78, 5) is 48.3. The molecule has 8 nitrogen and oxygen atoms in total. The summed E-state index contributed by atoms with van der Waals surface area (Å²) in [6, 6.07) is 5.82. The van der Waals surface area contributed by atoms with Gasteiger partial charge in [0.1, 0.15) is 11.5 Å². The van der Waals surface area contributed by atoms with E-state index in [1.165, 1.54) is 4.57 Å². The van der Waals surface area contributed by atoms with Gasteiger partial charge in [-0.25, -0.2) is 9.78 Å². The van der Waals surface area contributed by atoms with E-state index < -0.39 is 11.2 Å². The summed E-state index contributed by atoms with van der Waals surface area (Å²) < 4.78 is 7.56. The Hall–Kier alpha value is -3.16. The van der Waals surface area contributed by atoms with Gasteiger partial charge in [0.2, 0.25) is 0 Å². The number of furan rings is 1. The van der Waals surface area contributed by atoms with Crippen molar-refractivity contribution in [1.82, 2.24) is 19.4 Å². The van der Waals surface area contributed by atoms with Crippen molar-refractivity contribution in [3.8, 4) is 0 Å². The van der Waals surface area contributed by atoms with Gasteiger partial charge in [-0.15, -0.1) is 0 Å². The van der Waals surface area contributed by atoms with Crippen molar-refractivity contribution in [3.63, 3.8) is 0 Å². The highest BCUT2D eigenvalue weighted by atomic mass is 16.3. The molecule has 34 heavy (non-hydrogen) atoms. The molecule has 2 fully saturated rings. The zero-order valence-electron chi connectivity index (χ0n) is 20.3. The summed E-state index contributed by atoms with van der Waals surface area (Å²) in [5.74, 6) is 2.68. The molecule has 2 saturated carbocycles. The predicted octanol–water partition coefficient (Wildman–Crippen LogP) is 4.14. The third kappa shape index (κ3) is 4.10. The van der Waals surface area contributed by atoms with Crippen LogP contribution in [0.2, 0.25) is 0 Å². The molecule has 1 N–H and O–H groups in total. The summed E-state index contributed by atoms with van der Waals surface area (Å²) in [6.07, 6.45) is 3.69. The first-order valence-corrected chi connectivity index (χ1v) is 12.4. The van der Waals surface area contributed by atoms with E-state index in [1.807, 2.05) is 37.8 Å². The van der Waals surface area contributed by atoms with E-state index in [-0.39, 0.29) is 28.9 Å². The first kappa shape index (κ1) is 22.6. The molecule has 2 atom stereocenters. The van der Waals surface area contributed by atoms with E-state index in [0.29, 0.717) is 42.6 Å². The van der Waals surface area contributed by atoms with Crippen molar-refractivity contribution < 1.29 is 9.21 Å². The summed E-state index contributed by atoms with van der Waals surface area (Å²) in [5, 5.41) is 0.181. The normalized spacial score (nSPS) is 19.7. The van der Waals surface area contributed by atoms with E-state index in [9.17, 15) is 14.4 Å². The van der Waals surface area contributed by atoms with Crippen LogP contribution in [0.1, 0.15) is 92.8 Å². The standard InChI is InChI=1S/C26H32N4O4/c1-5-10-29-23-22(24(31)28-26(29)33)19(12-20(27-23)14(2)3)25(32)30(16-6-7-16)13-17-8-9-21(34-17)18-11-15(18)4/h8-9,12,14-16,18H,5-7,10-11,13H2,1-4H3,(H,28,31,33). The molecule has 0 bridgehead atoms. The van der Waals surface area contributed by atoms with Gasteiger partial charge < -0.3 is 9.32 Å². The Morgan fingerprint density at radius 2 is 2.03 bits per heavy atom. The van der Waals surface area contributed by atoms with E-state index in [1.54, 1.807) is 6.07 Å². The van der Waals surface area contributed by atoms with Crippen LogP contribution in [0.5, 0.6) is 0 Å². The average molecular weight is 465 g/mol. The number of aryl methyl sites for hydroxylation is 1. The molecule has 0 spiro atoms. The van der Waals surface area contributed by atoms with Gasteiger partial charge in [-0.05, 0) is 55.7 Å². The second-order valence-corrected chi connectivity index (χ2v) is 10.1. The summed E-state index contributed by atoms with van der Waals surface area (Å²) in [6.45, 7) is 8.91. The number of amides is 1. The van der Waals surface area contributed by atoms with Crippen molar-refractivity contribution in [2.45, 2.75) is 84.3 Å². The van der Waals surface area contributed by atoms with E-state index >= 15 is 0 Å². The number of rotatable bonds is 8. The Kier molecular flexibility index (Phi) is 5.70. The lowest BCUT2D eigenvalue weighted by molar-refractivity contribution is 0.0718. The fourth-order valence-corrected chi connectivity index (χ4v) is 4.66. The second kappa shape index (κ2) is 8.56. The molecule has 8 heteroatoms. The highest BCUT2D eigenvalue weighted by molar-refractivity contribution is 6.05. The van der Waals surface area contributed by atoms with Crippen molar-refractivity contribution in [3.05, 3.63) is 61.8 Å². The van der Waals surface area contributed by atoms with E-state index in [0.717, 1.165) is 30.8 Å². The van der Waals surface area contributed by atoms with Crippen molar-refractivity contribution in [1.29, 1.82) is 0 Å². The average Bonchev–Trinajstić information content (AvgIpc) is 3.72. The second-order valence-electron chi connectivity index (χ2n) is 10.1. The van der Waals surface area contributed by atoms with Crippen LogP contribution in [-0.4, -0.2) is 31.4 Å². The maximum absolute atomic E-state index is 13.9. The predicted molar refractivity (Wildman–Crippen MR) is 129 cm³/mol. The number of nitrogens with zero attached hydrogens (tertiary/aromatic N) is 3. The molecule has 0 radical (unpaired) electrons. The lowest BCUT2D eigenvalue weighted by Crippen LogP contribution is -2.36. The highest BCUT2D eigenvalue weighted by Gasteiger charge is 2.38. The number of nitrogens with one attached hydrogen (secondary N) is 1. The van der Waals surface area contributed by atoms with Gasteiger partial charge in [-0.2, -0.15) is 0 Å². The number of fused-ring (bicyclic) bond motifs is 1. The molecule has 3 aromatic heterocycles. The summed E-state index contributed by atoms with van der Waals surface area (Å²) in [5.41, 5.74) is 0.197.